The number of non-ortho nitro benzene ring substituents is 1. The first-order valence-electron chi connectivity index (χ1n) is 6.66. The molecule has 2 aromatic rings. The molecule has 0 radical (unpaired) electrons. The third-order valence-electron chi connectivity index (χ3n) is 3.19. The van der Waals surface area contributed by atoms with Gasteiger partial charge in [0.15, 0.2) is 5.70 Å². The van der Waals surface area contributed by atoms with Crippen LogP contribution in [0.15, 0.2) is 57.6 Å². The normalized spacial score (nSPS) is 15.3. The van der Waals surface area contributed by atoms with Crippen LogP contribution >= 0.6 is 27.5 Å². The quantitative estimate of drug-likeness (QED) is 0.328. The first-order chi connectivity index (χ1) is 11.4. The molecular weight excluding hydrogens is 400 g/mol. The molecule has 0 aromatic heterocycles. The topological polar surface area (TPSA) is 81.8 Å². The third-order valence-corrected chi connectivity index (χ3v) is 4.03. The number of nitro benzene ring substituents is 1. The lowest BCUT2D eigenvalue weighted by atomic mass is 10.2. The summed E-state index contributed by atoms with van der Waals surface area (Å²) in [7, 11) is 0. The number of rotatable bonds is 3. The van der Waals surface area contributed by atoms with Crippen molar-refractivity contribution in [2.75, 3.05) is 0 Å². The van der Waals surface area contributed by atoms with E-state index in [1.807, 2.05) is 24.3 Å². The summed E-state index contributed by atoms with van der Waals surface area (Å²) in [4.78, 5) is 26.3. The van der Waals surface area contributed by atoms with Crippen molar-refractivity contribution < 1.29 is 14.5 Å². The highest BCUT2D eigenvalue weighted by Gasteiger charge is 2.26. The Labute approximate surface area is 149 Å². The van der Waals surface area contributed by atoms with Gasteiger partial charge in [0.25, 0.3) is 5.69 Å². The predicted octanol–water partition coefficient (Wildman–Crippen LogP) is 4.36. The van der Waals surface area contributed by atoms with Gasteiger partial charge in [-0.25, -0.2) is 9.79 Å². The Bertz CT molecular complexity index is 907. The minimum Gasteiger partial charge on any atom is -0.402 e. The predicted molar refractivity (Wildman–Crippen MR) is 92.9 cm³/mol. The molecule has 1 heterocycles. The van der Waals surface area contributed by atoms with Crippen LogP contribution in [0.1, 0.15) is 11.1 Å². The molecule has 1 aliphatic rings. The number of carbonyl (C=O) groups excluding carboxylic acids is 1. The molecule has 1 aliphatic heterocycles. The second kappa shape index (κ2) is 6.54. The van der Waals surface area contributed by atoms with Crippen molar-refractivity contribution in [1.82, 2.24) is 0 Å². The van der Waals surface area contributed by atoms with Crippen molar-refractivity contribution in [3.8, 4) is 0 Å². The number of aliphatic imine (C=N–C) groups is 1. The summed E-state index contributed by atoms with van der Waals surface area (Å²) in [5, 5.41) is 10.8. The molecule has 0 fully saturated rings. The van der Waals surface area contributed by atoms with Crippen molar-refractivity contribution in [2.45, 2.75) is 0 Å². The lowest BCUT2D eigenvalue weighted by Crippen LogP contribution is -2.06. The molecule has 0 amide bonds. The monoisotopic (exact) mass is 406 g/mol. The second-order valence-corrected chi connectivity index (χ2v) is 6.13. The van der Waals surface area contributed by atoms with E-state index < -0.39 is 10.9 Å². The van der Waals surface area contributed by atoms with Crippen LogP contribution in [0.3, 0.4) is 0 Å². The van der Waals surface area contributed by atoms with E-state index in [4.69, 9.17) is 16.3 Å². The number of ether oxygens (including phenoxy) is 1. The van der Waals surface area contributed by atoms with Crippen LogP contribution in [0.5, 0.6) is 0 Å². The zero-order chi connectivity index (χ0) is 17.3. The van der Waals surface area contributed by atoms with E-state index in [1.54, 1.807) is 6.08 Å². The molecule has 3 rings (SSSR count). The summed E-state index contributed by atoms with van der Waals surface area (Å²) in [5.41, 5.74) is 1.07. The summed E-state index contributed by atoms with van der Waals surface area (Å²) < 4.78 is 6.03. The third kappa shape index (κ3) is 3.37. The molecule has 120 valence electrons. The number of esters is 1. The molecule has 2 aromatic carbocycles. The van der Waals surface area contributed by atoms with Crippen LogP contribution in [-0.2, 0) is 9.53 Å². The molecule has 0 saturated heterocycles. The SMILES string of the molecule is O=C1OC(c2ccc([N+](=O)[O-])cc2Cl)=N/C1=C\c1ccc(Br)cc1. The van der Waals surface area contributed by atoms with Crippen LogP contribution in [0.4, 0.5) is 5.69 Å². The number of hydrogen-bond donors (Lipinski definition) is 0. The number of nitrogens with zero attached hydrogens (tertiary/aromatic N) is 2. The van der Waals surface area contributed by atoms with Crippen LogP contribution in [-0.4, -0.2) is 16.8 Å². The fraction of sp³-hybridized carbons (Fsp3) is 0. The van der Waals surface area contributed by atoms with Crippen molar-refractivity contribution in [1.29, 1.82) is 0 Å². The fourth-order valence-electron chi connectivity index (χ4n) is 2.03. The molecule has 0 saturated carbocycles. The van der Waals surface area contributed by atoms with Gasteiger partial charge in [-0.3, -0.25) is 10.1 Å². The zero-order valence-corrected chi connectivity index (χ0v) is 14.2. The van der Waals surface area contributed by atoms with Crippen LogP contribution < -0.4 is 0 Å². The van der Waals surface area contributed by atoms with Crippen molar-refractivity contribution in [3.05, 3.63) is 78.9 Å². The average Bonchev–Trinajstić information content (AvgIpc) is 2.90. The van der Waals surface area contributed by atoms with E-state index in [1.165, 1.54) is 18.2 Å². The lowest BCUT2D eigenvalue weighted by molar-refractivity contribution is -0.384. The fourth-order valence-corrected chi connectivity index (χ4v) is 2.55. The minimum atomic E-state index is -0.609. The molecule has 0 atom stereocenters. The molecule has 24 heavy (non-hydrogen) atoms. The van der Waals surface area contributed by atoms with Crippen LogP contribution in [0, 0.1) is 10.1 Å². The molecular formula is C16H8BrClN2O4. The Hall–Kier alpha value is -2.51. The Morgan fingerprint density at radius 3 is 2.54 bits per heavy atom. The van der Waals surface area contributed by atoms with Crippen molar-refractivity contribution in [3.63, 3.8) is 0 Å². The first-order valence-corrected chi connectivity index (χ1v) is 7.83. The Morgan fingerprint density at radius 1 is 1.21 bits per heavy atom. The molecule has 0 unspecified atom stereocenters. The van der Waals surface area contributed by atoms with Gasteiger partial charge < -0.3 is 4.74 Å². The van der Waals surface area contributed by atoms with Crippen LogP contribution in [0.25, 0.3) is 6.08 Å². The first kappa shape index (κ1) is 16.4. The number of cyclic esters (lactones) is 1. The molecule has 0 aliphatic carbocycles. The Kier molecular flexibility index (Phi) is 4.46. The van der Waals surface area contributed by atoms with E-state index in [-0.39, 0.29) is 22.3 Å². The molecule has 0 spiro atoms. The van der Waals surface area contributed by atoms with E-state index in [2.05, 4.69) is 20.9 Å². The number of carbonyl (C=O) groups is 1. The van der Waals surface area contributed by atoms with E-state index in [9.17, 15) is 14.9 Å². The van der Waals surface area contributed by atoms with Gasteiger partial charge in [-0.15, -0.1) is 0 Å². The van der Waals surface area contributed by atoms with Crippen molar-refractivity contribution >= 4 is 51.2 Å². The maximum atomic E-state index is 12.0. The molecule has 8 heteroatoms. The summed E-state index contributed by atoms with van der Waals surface area (Å²) in [5.74, 6) is -0.592. The summed E-state index contributed by atoms with van der Waals surface area (Å²) >= 11 is 9.36. The van der Waals surface area contributed by atoms with Gasteiger partial charge >= 0.3 is 5.97 Å². The summed E-state index contributed by atoms with van der Waals surface area (Å²) in [6, 6.07) is 11.2. The van der Waals surface area contributed by atoms with E-state index >= 15 is 0 Å². The highest BCUT2D eigenvalue weighted by atomic mass is 79.9. The number of halogens is 2. The number of hydrogen-bond acceptors (Lipinski definition) is 5. The minimum absolute atomic E-state index is 0.0169. The molecule has 0 N–H and O–H groups in total. The van der Waals surface area contributed by atoms with Gasteiger partial charge in [-0.1, -0.05) is 39.7 Å². The number of benzene rings is 2. The number of nitro groups is 1. The zero-order valence-electron chi connectivity index (χ0n) is 11.9. The molecule has 6 nitrogen and oxygen atoms in total. The maximum Gasteiger partial charge on any atom is 0.363 e. The van der Waals surface area contributed by atoms with Gasteiger partial charge in [0.1, 0.15) is 0 Å². The van der Waals surface area contributed by atoms with E-state index in [0.29, 0.717) is 5.56 Å². The summed E-state index contributed by atoms with van der Waals surface area (Å²) in [6.45, 7) is 0. The highest BCUT2D eigenvalue weighted by Crippen LogP contribution is 2.27. The van der Waals surface area contributed by atoms with Crippen molar-refractivity contribution in [2.24, 2.45) is 4.99 Å². The van der Waals surface area contributed by atoms with Crippen LogP contribution in [0.2, 0.25) is 5.02 Å². The smallest absolute Gasteiger partial charge is 0.363 e. The van der Waals surface area contributed by atoms with Gasteiger partial charge in [0.2, 0.25) is 5.90 Å². The second-order valence-electron chi connectivity index (χ2n) is 4.81. The van der Waals surface area contributed by atoms with Gasteiger partial charge in [0.05, 0.1) is 15.5 Å². The Morgan fingerprint density at radius 2 is 1.92 bits per heavy atom. The largest absolute Gasteiger partial charge is 0.402 e. The molecule has 0 bridgehead atoms. The standard InChI is InChI=1S/C16H8BrClN2O4/c17-10-3-1-9(2-4-10)7-14-16(21)24-15(19-14)12-6-5-11(20(22)23)8-13(12)18/h1-8H/b14-7-. The lowest BCUT2D eigenvalue weighted by Gasteiger charge is -2.02. The van der Waals surface area contributed by atoms with Gasteiger partial charge in [-0.2, -0.15) is 0 Å². The summed E-state index contributed by atoms with van der Waals surface area (Å²) in [6.07, 6.45) is 1.58. The van der Waals surface area contributed by atoms with Gasteiger partial charge in [0, 0.05) is 16.6 Å². The highest BCUT2D eigenvalue weighted by molar-refractivity contribution is 9.10. The van der Waals surface area contributed by atoms with Gasteiger partial charge in [-0.05, 0) is 29.8 Å². The maximum absolute atomic E-state index is 12.0. The Balaban J connectivity index is 1.94. The average molecular weight is 408 g/mol. The van der Waals surface area contributed by atoms with E-state index in [0.717, 1.165) is 10.0 Å².